The Morgan fingerprint density at radius 1 is 1.02 bits per heavy atom. The summed E-state index contributed by atoms with van der Waals surface area (Å²) >= 11 is 0. The molecule has 1 N–H and O–H groups in total. The number of para-hydroxylation sites is 1. The van der Waals surface area contributed by atoms with Gasteiger partial charge in [0.05, 0.1) is 18.5 Å². The third-order valence-corrected chi connectivity index (χ3v) is 12.7. The standard InChI is InChI=1S/C37H44N4O5S/c1-23-12-13-27(17-30(23)22-41-21-24(2)46-34-10-6-7-11-35(34)47(41,44)45)31(20-36(42)43)29-18-32(37-33(19-29)38-39-40(37)3)28-15-14-26(16-28)25-8-4-5-9-25/h6-7,10-13,17-19,24-26,28,31H,4-5,8-9,14-16,20-22H2,1-3H3,(H,42,43). The van der Waals surface area contributed by atoms with Crippen LogP contribution >= 0.6 is 0 Å². The third kappa shape index (κ3) is 6.18. The molecule has 10 heteroatoms. The van der Waals surface area contributed by atoms with Crippen LogP contribution in [0.25, 0.3) is 11.0 Å². The average Bonchev–Trinajstić information content (AvgIpc) is 3.81. The van der Waals surface area contributed by atoms with E-state index in [1.807, 2.05) is 49.8 Å². The first-order valence-corrected chi connectivity index (χ1v) is 18.4. The van der Waals surface area contributed by atoms with Gasteiger partial charge in [-0.05, 0) is 96.9 Å². The first kappa shape index (κ1) is 31.8. The van der Waals surface area contributed by atoms with Gasteiger partial charge in [-0.15, -0.1) is 5.10 Å². The molecule has 47 heavy (non-hydrogen) atoms. The van der Waals surface area contributed by atoms with E-state index in [-0.39, 0.29) is 30.5 Å². The first-order valence-electron chi connectivity index (χ1n) is 17.0. The molecule has 9 nitrogen and oxygen atoms in total. The Labute approximate surface area is 277 Å². The van der Waals surface area contributed by atoms with Gasteiger partial charge in [0.2, 0.25) is 10.0 Å². The van der Waals surface area contributed by atoms with Crippen LogP contribution in [0, 0.1) is 18.8 Å². The van der Waals surface area contributed by atoms with Crippen LogP contribution in [0.1, 0.15) is 97.9 Å². The van der Waals surface area contributed by atoms with Crippen LogP contribution in [-0.4, -0.2) is 51.4 Å². The molecule has 1 aromatic heterocycles. The van der Waals surface area contributed by atoms with Crippen molar-refractivity contribution >= 4 is 27.0 Å². The molecule has 3 aromatic carbocycles. The van der Waals surface area contributed by atoms with Crippen molar-refractivity contribution < 1.29 is 23.1 Å². The molecule has 0 bridgehead atoms. The van der Waals surface area contributed by atoms with E-state index in [9.17, 15) is 18.3 Å². The topological polar surface area (TPSA) is 115 Å². The Balaban J connectivity index is 1.25. The van der Waals surface area contributed by atoms with E-state index in [1.54, 1.807) is 24.3 Å². The van der Waals surface area contributed by atoms with Gasteiger partial charge < -0.3 is 9.84 Å². The number of sulfonamides is 1. The molecule has 4 aromatic rings. The normalized spacial score (nSPS) is 23.8. The minimum atomic E-state index is -3.82. The highest BCUT2D eigenvalue weighted by molar-refractivity contribution is 7.89. The monoisotopic (exact) mass is 656 g/mol. The van der Waals surface area contributed by atoms with Crippen molar-refractivity contribution in [3.8, 4) is 5.75 Å². The van der Waals surface area contributed by atoms with Crippen LogP contribution in [0.5, 0.6) is 5.75 Å². The molecule has 3 aliphatic rings. The fourth-order valence-corrected chi connectivity index (χ4v) is 10.1. The molecule has 1 aliphatic heterocycles. The quantitative estimate of drug-likeness (QED) is 0.219. The summed E-state index contributed by atoms with van der Waals surface area (Å²) in [6.07, 6.45) is 8.45. The zero-order chi connectivity index (χ0) is 32.9. The molecular formula is C37H44N4O5S. The number of benzene rings is 3. The van der Waals surface area contributed by atoms with Gasteiger partial charge in [0, 0.05) is 19.5 Å². The SMILES string of the molecule is Cc1ccc(C(CC(=O)O)c2cc(C3CCC(C4CCCC4)C3)c3c(c2)nnn3C)cc1CN1CC(C)Oc2ccccc2S1(=O)=O. The van der Waals surface area contributed by atoms with E-state index in [0.717, 1.165) is 58.0 Å². The second-order valence-corrected chi connectivity index (χ2v) is 15.9. The van der Waals surface area contributed by atoms with E-state index in [2.05, 4.69) is 16.4 Å². The third-order valence-electron chi connectivity index (χ3n) is 10.9. The molecule has 0 saturated heterocycles. The zero-order valence-electron chi connectivity index (χ0n) is 27.4. The number of aromatic nitrogens is 3. The summed E-state index contributed by atoms with van der Waals surface area (Å²) in [6.45, 7) is 4.20. The van der Waals surface area contributed by atoms with Gasteiger partial charge in [-0.1, -0.05) is 67.3 Å². The summed E-state index contributed by atoms with van der Waals surface area (Å²) in [7, 11) is -1.89. The number of carbonyl (C=O) groups is 1. The summed E-state index contributed by atoms with van der Waals surface area (Å²) in [4.78, 5) is 12.5. The van der Waals surface area contributed by atoms with Gasteiger partial charge >= 0.3 is 5.97 Å². The Bertz CT molecular complexity index is 1920. The van der Waals surface area contributed by atoms with Crippen molar-refractivity contribution in [2.75, 3.05) is 6.54 Å². The highest BCUT2D eigenvalue weighted by Crippen LogP contribution is 2.48. The van der Waals surface area contributed by atoms with Crippen molar-refractivity contribution in [2.24, 2.45) is 18.9 Å². The Morgan fingerprint density at radius 2 is 1.81 bits per heavy atom. The Hall–Kier alpha value is -3.76. The minimum Gasteiger partial charge on any atom is -0.488 e. The molecule has 2 aliphatic carbocycles. The number of hydrogen-bond acceptors (Lipinski definition) is 6. The largest absolute Gasteiger partial charge is 0.488 e. The van der Waals surface area contributed by atoms with Crippen LogP contribution in [0.2, 0.25) is 0 Å². The Morgan fingerprint density at radius 3 is 2.60 bits per heavy atom. The maximum Gasteiger partial charge on any atom is 0.304 e. The van der Waals surface area contributed by atoms with Crippen LogP contribution in [0.3, 0.4) is 0 Å². The first-order chi connectivity index (χ1) is 22.6. The molecule has 4 unspecified atom stereocenters. The summed E-state index contributed by atoms with van der Waals surface area (Å²) in [5.74, 6) is 0.990. The second-order valence-electron chi connectivity index (χ2n) is 14.0. The number of fused-ring (bicyclic) bond motifs is 2. The van der Waals surface area contributed by atoms with E-state index in [1.165, 1.54) is 42.0 Å². The lowest BCUT2D eigenvalue weighted by Crippen LogP contribution is -2.35. The van der Waals surface area contributed by atoms with Crippen LogP contribution in [0.15, 0.2) is 59.5 Å². The number of carboxylic acids is 1. The molecule has 7 rings (SSSR count). The van der Waals surface area contributed by atoms with E-state index < -0.39 is 21.9 Å². The van der Waals surface area contributed by atoms with E-state index in [4.69, 9.17) is 4.74 Å². The average molecular weight is 657 g/mol. The summed E-state index contributed by atoms with van der Waals surface area (Å²) in [5, 5.41) is 19.0. The fraction of sp³-hybridized carbons (Fsp3) is 0.486. The van der Waals surface area contributed by atoms with Crippen molar-refractivity contribution in [1.82, 2.24) is 19.3 Å². The van der Waals surface area contributed by atoms with Crippen LogP contribution < -0.4 is 4.74 Å². The number of aliphatic carboxylic acids is 1. The minimum absolute atomic E-state index is 0.0939. The van der Waals surface area contributed by atoms with Crippen molar-refractivity contribution in [3.05, 3.63) is 82.4 Å². The highest BCUT2D eigenvalue weighted by Gasteiger charge is 2.36. The second kappa shape index (κ2) is 12.7. The number of hydrogen-bond donors (Lipinski definition) is 1. The molecule has 0 amide bonds. The molecule has 248 valence electrons. The Kier molecular flexibility index (Phi) is 8.59. The van der Waals surface area contributed by atoms with Crippen LogP contribution in [-0.2, 0) is 28.4 Å². The van der Waals surface area contributed by atoms with E-state index >= 15 is 0 Å². The van der Waals surface area contributed by atoms with Gasteiger partial charge in [-0.25, -0.2) is 13.1 Å². The summed E-state index contributed by atoms with van der Waals surface area (Å²) in [6, 6.07) is 16.9. The maximum absolute atomic E-state index is 13.8. The molecule has 4 atom stereocenters. The lowest BCUT2D eigenvalue weighted by Gasteiger charge is -2.24. The number of rotatable bonds is 8. The van der Waals surface area contributed by atoms with Gasteiger partial charge in [0.15, 0.2) is 0 Å². The van der Waals surface area contributed by atoms with Crippen molar-refractivity contribution in [3.63, 3.8) is 0 Å². The molecule has 2 heterocycles. The summed E-state index contributed by atoms with van der Waals surface area (Å²) < 4.78 is 37.0. The predicted molar refractivity (Wildman–Crippen MR) is 180 cm³/mol. The van der Waals surface area contributed by atoms with Gasteiger partial charge in [0.1, 0.15) is 22.3 Å². The molecule has 0 spiro atoms. The lowest BCUT2D eigenvalue weighted by molar-refractivity contribution is -0.137. The lowest BCUT2D eigenvalue weighted by atomic mass is 9.83. The smallest absolute Gasteiger partial charge is 0.304 e. The number of ether oxygens (including phenoxy) is 1. The van der Waals surface area contributed by atoms with E-state index in [0.29, 0.717) is 11.7 Å². The predicted octanol–water partition coefficient (Wildman–Crippen LogP) is 6.93. The maximum atomic E-state index is 13.8. The fourth-order valence-electron chi connectivity index (χ4n) is 8.48. The molecule has 2 fully saturated rings. The summed E-state index contributed by atoms with van der Waals surface area (Å²) in [5.41, 5.74) is 6.57. The van der Waals surface area contributed by atoms with Gasteiger partial charge in [-0.3, -0.25) is 4.79 Å². The highest BCUT2D eigenvalue weighted by atomic mass is 32.2. The van der Waals surface area contributed by atoms with Gasteiger partial charge in [-0.2, -0.15) is 4.31 Å². The molecule has 0 radical (unpaired) electrons. The number of carboxylic acid groups (broad SMARTS) is 1. The molecular weight excluding hydrogens is 612 g/mol. The number of aryl methyl sites for hydroxylation is 2. The van der Waals surface area contributed by atoms with Crippen molar-refractivity contribution in [2.45, 2.75) is 94.6 Å². The molecule has 2 saturated carbocycles. The van der Waals surface area contributed by atoms with Gasteiger partial charge in [0.25, 0.3) is 0 Å². The number of nitrogens with zero attached hydrogens (tertiary/aromatic N) is 4. The van der Waals surface area contributed by atoms with Crippen molar-refractivity contribution in [1.29, 1.82) is 0 Å². The van der Waals surface area contributed by atoms with Crippen LogP contribution in [0.4, 0.5) is 0 Å². The zero-order valence-corrected chi connectivity index (χ0v) is 28.2.